The predicted molar refractivity (Wildman–Crippen MR) is 80.2 cm³/mol. The molecule has 2 heterocycles. The molecule has 0 amide bonds. The number of aromatic nitrogens is 1. The standard InChI is InChI=1S/C14H23N3S/c1-3-5-15-14-9-13(4-6-16-14)10-17-7-8-18-11-12(17)2/h4,6,9,12H,3,5,7-8,10-11H2,1-2H3,(H,15,16). The van der Waals surface area contributed by atoms with Crippen molar-refractivity contribution in [2.75, 3.05) is 29.9 Å². The molecule has 1 aliphatic heterocycles. The summed E-state index contributed by atoms with van der Waals surface area (Å²) in [4.78, 5) is 6.92. The Hall–Kier alpha value is -0.740. The first-order valence-corrected chi connectivity index (χ1v) is 7.95. The van der Waals surface area contributed by atoms with E-state index in [4.69, 9.17) is 0 Å². The summed E-state index contributed by atoms with van der Waals surface area (Å²) in [6.45, 7) is 7.73. The molecule has 4 heteroatoms. The van der Waals surface area contributed by atoms with Crippen molar-refractivity contribution in [2.45, 2.75) is 32.9 Å². The van der Waals surface area contributed by atoms with Crippen molar-refractivity contribution in [3.63, 3.8) is 0 Å². The number of anilines is 1. The van der Waals surface area contributed by atoms with Crippen LogP contribution in [0.3, 0.4) is 0 Å². The van der Waals surface area contributed by atoms with Gasteiger partial charge in [0, 0.05) is 43.4 Å². The van der Waals surface area contributed by atoms with Crippen molar-refractivity contribution >= 4 is 17.6 Å². The molecule has 0 bridgehead atoms. The topological polar surface area (TPSA) is 28.2 Å². The number of hydrogen-bond acceptors (Lipinski definition) is 4. The van der Waals surface area contributed by atoms with Gasteiger partial charge in [-0.15, -0.1) is 0 Å². The fourth-order valence-corrected chi connectivity index (χ4v) is 3.24. The SMILES string of the molecule is CCCNc1cc(CN2CCSCC2C)ccn1. The molecule has 1 aromatic heterocycles. The van der Waals surface area contributed by atoms with Gasteiger partial charge in [0.2, 0.25) is 0 Å². The highest BCUT2D eigenvalue weighted by Crippen LogP contribution is 2.19. The summed E-state index contributed by atoms with van der Waals surface area (Å²) in [5.74, 6) is 3.52. The van der Waals surface area contributed by atoms with Crippen LogP contribution in [0.1, 0.15) is 25.8 Å². The molecule has 0 spiro atoms. The summed E-state index contributed by atoms with van der Waals surface area (Å²) in [7, 11) is 0. The lowest BCUT2D eigenvalue weighted by molar-refractivity contribution is 0.224. The molecule has 1 fully saturated rings. The highest BCUT2D eigenvalue weighted by Gasteiger charge is 2.18. The summed E-state index contributed by atoms with van der Waals surface area (Å²) in [5.41, 5.74) is 1.36. The maximum absolute atomic E-state index is 4.36. The summed E-state index contributed by atoms with van der Waals surface area (Å²) in [6, 6.07) is 5.00. The zero-order valence-corrected chi connectivity index (χ0v) is 12.2. The fourth-order valence-electron chi connectivity index (χ4n) is 2.15. The van der Waals surface area contributed by atoms with Crippen LogP contribution < -0.4 is 5.32 Å². The summed E-state index contributed by atoms with van der Waals surface area (Å²) in [6.07, 6.45) is 3.04. The van der Waals surface area contributed by atoms with E-state index in [9.17, 15) is 0 Å². The number of thioether (sulfide) groups is 1. The third-order valence-electron chi connectivity index (χ3n) is 3.27. The van der Waals surface area contributed by atoms with Crippen LogP contribution in [0.15, 0.2) is 18.3 Å². The molecule has 0 radical (unpaired) electrons. The first kappa shape index (κ1) is 13.7. The molecule has 1 unspecified atom stereocenters. The van der Waals surface area contributed by atoms with Crippen molar-refractivity contribution in [1.29, 1.82) is 0 Å². The second-order valence-corrected chi connectivity index (χ2v) is 6.02. The predicted octanol–water partition coefficient (Wildman–Crippen LogP) is 2.84. The molecule has 0 aromatic carbocycles. The first-order valence-electron chi connectivity index (χ1n) is 6.80. The molecular weight excluding hydrogens is 242 g/mol. The van der Waals surface area contributed by atoms with Gasteiger partial charge in [-0.05, 0) is 31.0 Å². The van der Waals surface area contributed by atoms with Gasteiger partial charge in [-0.25, -0.2) is 4.98 Å². The quantitative estimate of drug-likeness (QED) is 0.886. The van der Waals surface area contributed by atoms with Gasteiger partial charge in [0.15, 0.2) is 0 Å². The Labute approximate surface area is 114 Å². The van der Waals surface area contributed by atoms with Crippen LogP contribution in [0.25, 0.3) is 0 Å². The summed E-state index contributed by atoms with van der Waals surface area (Å²) < 4.78 is 0. The van der Waals surface area contributed by atoms with E-state index in [0.29, 0.717) is 6.04 Å². The Balaban J connectivity index is 1.95. The van der Waals surface area contributed by atoms with Gasteiger partial charge < -0.3 is 5.32 Å². The van der Waals surface area contributed by atoms with Crippen LogP contribution in [-0.2, 0) is 6.54 Å². The second-order valence-electron chi connectivity index (χ2n) is 4.87. The lowest BCUT2D eigenvalue weighted by Crippen LogP contribution is -2.39. The van der Waals surface area contributed by atoms with Crippen molar-refractivity contribution < 1.29 is 0 Å². The largest absolute Gasteiger partial charge is 0.370 e. The monoisotopic (exact) mass is 265 g/mol. The van der Waals surface area contributed by atoms with Crippen LogP contribution >= 0.6 is 11.8 Å². The van der Waals surface area contributed by atoms with E-state index in [0.717, 1.165) is 25.3 Å². The van der Waals surface area contributed by atoms with Crippen LogP contribution in [0.4, 0.5) is 5.82 Å². The lowest BCUT2D eigenvalue weighted by Gasteiger charge is -2.33. The Morgan fingerprint density at radius 1 is 1.56 bits per heavy atom. The number of pyridine rings is 1. The minimum atomic E-state index is 0.684. The molecule has 1 aromatic rings. The molecule has 1 atom stereocenters. The minimum absolute atomic E-state index is 0.684. The molecule has 1 aliphatic rings. The normalized spacial score (nSPS) is 20.9. The van der Waals surface area contributed by atoms with Crippen molar-refractivity contribution in [3.05, 3.63) is 23.9 Å². The van der Waals surface area contributed by atoms with Gasteiger partial charge >= 0.3 is 0 Å². The van der Waals surface area contributed by atoms with E-state index in [2.05, 4.69) is 52.9 Å². The van der Waals surface area contributed by atoms with Crippen LogP contribution in [0, 0.1) is 0 Å². The lowest BCUT2D eigenvalue weighted by atomic mass is 10.2. The minimum Gasteiger partial charge on any atom is -0.370 e. The molecule has 0 saturated carbocycles. The number of nitrogens with zero attached hydrogens (tertiary/aromatic N) is 2. The highest BCUT2D eigenvalue weighted by molar-refractivity contribution is 7.99. The van der Waals surface area contributed by atoms with Crippen molar-refractivity contribution in [3.8, 4) is 0 Å². The van der Waals surface area contributed by atoms with Crippen molar-refractivity contribution in [1.82, 2.24) is 9.88 Å². The van der Waals surface area contributed by atoms with Gasteiger partial charge in [0.25, 0.3) is 0 Å². The average Bonchev–Trinajstić information content (AvgIpc) is 2.40. The smallest absolute Gasteiger partial charge is 0.126 e. The maximum Gasteiger partial charge on any atom is 0.126 e. The van der Waals surface area contributed by atoms with E-state index in [1.807, 2.05) is 6.20 Å². The summed E-state index contributed by atoms with van der Waals surface area (Å²) >= 11 is 2.07. The molecular formula is C14H23N3S. The third kappa shape index (κ3) is 3.89. The molecule has 0 aliphatic carbocycles. The van der Waals surface area contributed by atoms with E-state index < -0.39 is 0 Å². The summed E-state index contributed by atoms with van der Waals surface area (Å²) in [5, 5.41) is 3.35. The number of nitrogens with one attached hydrogen (secondary N) is 1. The van der Waals surface area contributed by atoms with Crippen LogP contribution in [0.5, 0.6) is 0 Å². The van der Waals surface area contributed by atoms with Crippen LogP contribution in [-0.4, -0.2) is 40.5 Å². The third-order valence-corrected chi connectivity index (χ3v) is 4.46. The number of hydrogen-bond donors (Lipinski definition) is 1. The molecule has 1 saturated heterocycles. The second kappa shape index (κ2) is 7.00. The Morgan fingerprint density at radius 2 is 2.44 bits per heavy atom. The van der Waals surface area contributed by atoms with E-state index in [-0.39, 0.29) is 0 Å². The zero-order valence-electron chi connectivity index (χ0n) is 11.4. The van der Waals surface area contributed by atoms with E-state index in [1.54, 1.807) is 0 Å². The highest BCUT2D eigenvalue weighted by atomic mass is 32.2. The average molecular weight is 265 g/mol. The van der Waals surface area contributed by atoms with Crippen molar-refractivity contribution in [2.24, 2.45) is 0 Å². The van der Waals surface area contributed by atoms with Gasteiger partial charge in [0.05, 0.1) is 0 Å². The van der Waals surface area contributed by atoms with E-state index in [1.165, 1.54) is 23.6 Å². The Bertz CT molecular complexity index is 370. The first-order chi connectivity index (χ1) is 8.79. The van der Waals surface area contributed by atoms with E-state index >= 15 is 0 Å². The molecule has 2 rings (SSSR count). The zero-order chi connectivity index (χ0) is 12.8. The van der Waals surface area contributed by atoms with Gasteiger partial charge in [-0.3, -0.25) is 4.90 Å². The van der Waals surface area contributed by atoms with Gasteiger partial charge in [-0.1, -0.05) is 6.92 Å². The Kier molecular flexibility index (Phi) is 5.32. The van der Waals surface area contributed by atoms with Gasteiger partial charge in [0.1, 0.15) is 5.82 Å². The Morgan fingerprint density at radius 3 is 3.22 bits per heavy atom. The fraction of sp³-hybridized carbons (Fsp3) is 0.643. The van der Waals surface area contributed by atoms with Crippen LogP contribution in [0.2, 0.25) is 0 Å². The molecule has 3 nitrogen and oxygen atoms in total. The number of rotatable bonds is 5. The molecule has 18 heavy (non-hydrogen) atoms. The molecule has 1 N–H and O–H groups in total. The van der Waals surface area contributed by atoms with Gasteiger partial charge in [-0.2, -0.15) is 11.8 Å². The molecule has 100 valence electrons. The maximum atomic E-state index is 4.36.